The highest BCUT2D eigenvalue weighted by Gasteiger charge is 2.37. The summed E-state index contributed by atoms with van der Waals surface area (Å²) in [5, 5.41) is 10.8. The molecule has 3 heterocycles. The van der Waals surface area contributed by atoms with Gasteiger partial charge in [-0.05, 0) is 37.2 Å². The number of carbonyl (C=O) groups is 1. The monoisotopic (exact) mass is 480 g/mol. The number of benzene rings is 2. The highest BCUT2D eigenvalue weighted by atomic mass is 16.6. The molecule has 1 N–H and O–H groups in total. The van der Waals surface area contributed by atoms with E-state index in [9.17, 15) is 9.90 Å². The van der Waals surface area contributed by atoms with Gasteiger partial charge < -0.3 is 29.0 Å². The average molecular weight is 481 g/mol. The van der Waals surface area contributed by atoms with Crippen molar-refractivity contribution in [3.05, 3.63) is 48.2 Å². The van der Waals surface area contributed by atoms with E-state index in [1.165, 1.54) is 4.90 Å². The molecule has 0 spiro atoms. The van der Waals surface area contributed by atoms with Crippen LogP contribution in [-0.4, -0.2) is 85.3 Å². The number of methoxy groups -OCH3 is 1. The third-order valence-corrected chi connectivity index (χ3v) is 6.21. The average Bonchev–Trinajstić information content (AvgIpc) is 3.28. The van der Waals surface area contributed by atoms with Crippen molar-refractivity contribution in [2.24, 2.45) is 0 Å². The summed E-state index contributed by atoms with van der Waals surface area (Å²) in [7, 11) is 3.49. The van der Waals surface area contributed by atoms with Gasteiger partial charge in [0.15, 0.2) is 11.5 Å². The molecule has 1 aromatic heterocycles. The van der Waals surface area contributed by atoms with Gasteiger partial charge >= 0.3 is 6.09 Å². The normalized spacial score (nSPS) is 18.1. The second kappa shape index (κ2) is 9.93. The van der Waals surface area contributed by atoms with E-state index in [1.807, 2.05) is 30.1 Å². The van der Waals surface area contributed by atoms with E-state index in [0.717, 1.165) is 23.0 Å². The Kier molecular flexibility index (Phi) is 6.56. The van der Waals surface area contributed by atoms with Gasteiger partial charge in [0.1, 0.15) is 25.4 Å². The fraction of sp³-hybridized carbons (Fsp3) is 0.400. The predicted octanol–water partition coefficient (Wildman–Crippen LogP) is 2.27. The summed E-state index contributed by atoms with van der Waals surface area (Å²) < 4.78 is 21.9. The van der Waals surface area contributed by atoms with Crippen LogP contribution in [0.1, 0.15) is 5.56 Å². The number of fused-ring (bicyclic) bond motifs is 2. The number of aromatic nitrogens is 2. The number of para-hydroxylation sites is 1. The predicted molar refractivity (Wildman–Crippen MR) is 128 cm³/mol. The minimum Gasteiger partial charge on any atom is -0.486 e. The molecule has 184 valence electrons. The number of hydrogen-bond acceptors (Lipinski definition) is 9. The molecule has 1 amide bonds. The zero-order valence-corrected chi connectivity index (χ0v) is 19.7. The number of aliphatic hydroxyl groups excluding tert-OH is 1. The number of nitrogens with zero attached hydrogens (tertiary/aromatic N) is 4. The third kappa shape index (κ3) is 4.94. The molecule has 2 atom stereocenters. The summed E-state index contributed by atoms with van der Waals surface area (Å²) in [6.07, 6.45) is 0.364. The van der Waals surface area contributed by atoms with Crippen LogP contribution in [0.3, 0.4) is 0 Å². The van der Waals surface area contributed by atoms with Crippen LogP contribution in [0.25, 0.3) is 11.0 Å². The number of carbonyl (C=O) groups excluding carboxylic acids is 1. The number of ether oxygens (including phenoxy) is 4. The minimum atomic E-state index is -0.835. The van der Waals surface area contributed by atoms with Gasteiger partial charge in [-0.15, -0.1) is 0 Å². The Morgan fingerprint density at radius 1 is 1.23 bits per heavy atom. The highest BCUT2D eigenvalue weighted by Crippen LogP contribution is 2.35. The van der Waals surface area contributed by atoms with Gasteiger partial charge in [-0.25, -0.2) is 14.8 Å². The van der Waals surface area contributed by atoms with E-state index in [2.05, 4.69) is 9.97 Å². The molecular formula is C25H28N4O6. The first-order valence-electron chi connectivity index (χ1n) is 11.5. The molecule has 0 unspecified atom stereocenters. The maximum Gasteiger partial charge on any atom is 0.414 e. The van der Waals surface area contributed by atoms with Crippen LogP contribution < -0.4 is 19.1 Å². The first-order chi connectivity index (χ1) is 17.0. The fourth-order valence-electron chi connectivity index (χ4n) is 4.31. The number of hydrogen-bond donors (Lipinski definition) is 1. The number of anilines is 1. The van der Waals surface area contributed by atoms with E-state index in [4.69, 9.17) is 18.9 Å². The standard InChI is InChI=1S/C25H28N4O6/c1-28(9-8-16-4-3-5-18-24(16)27-23(32-2)13-26-18)14-19(30)22-15-29(25(31)35-22)17-6-7-20-21(12-17)34-11-10-33-20/h3-7,12-13,19,22,30H,8-11,14-15H2,1-2H3/t19-,22-/m1/s1. The second-order valence-electron chi connectivity index (χ2n) is 8.64. The summed E-state index contributed by atoms with van der Waals surface area (Å²) in [5.74, 6) is 1.72. The van der Waals surface area contributed by atoms with Crippen molar-refractivity contribution in [2.45, 2.75) is 18.6 Å². The third-order valence-electron chi connectivity index (χ3n) is 6.21. The van der Waals surface area contributed by atoms with Crippen LogP contribution in [0.2, 0.25) is 0 Å². The first-order valence-corrected chi connectivity index (χ1v) is 11.5. The molecule has 10 nitrogen and oxygen atoms in total. The Morgan fingerprint density at radius 3 is 2.89 bits per heavy atom. The van der Waals surface area contributed by atoms with Gasteiger partial charge in [-0.3, -0.25) is 4.90 Å². The van der Waals surface area contributed by atoms with E-state index >= 15 is 0 Å². The van der Waals surface area contributed by atoms with E-state index in [0.29, 0.717) is 49.4 Å². The molecular weight excluding hydrogens is 452 g/mol. The summed E-state index contributed by atoms with van der Waals surface area (Å²) in [5.41, 5.74) is 3.31. The lowest BCUT2D eigenvalue weighted by atomic mass is 10.1. The summed E-state index contributed by atoms with van der Waals surface area (Å²) in [4.78, 5) is 25.0. The second-order valence-corrected chi connectivity index (χ2v) is 8.64. The van der Waals surface area contributed by atoms with E-state index in [1.54, 1.807) is 31.5 Å². The molecule has 2 aliphatic heterocycles. The molecule has 0 aliphatic carbocycles. The maximum absolute atomic E-state index is 12.5. The molecule has 2 aromatic carbocycles. The Morgan fingerprint density at radius 2 is 2.06 bits per heavy atom. The Labute approximate surface area is 203 Å². The largest absolute Gasteiger partial charge is 0.486 e. The summed E-state index contributed by atoms with van der Waals surface area (Å²) in [6, 6.07) is 11.2. The molecule has 0 saturated carbocycles. The SMILES string of the molecule is COc1cnc2cccc(CCN(C)C[C@@H](O)[C@H]3CN(c4ccc5c(c4)OCCO5)C(=O)O3)c2n1. The lowest BCUT2D eigenvalue weighted by Crippen LogP contribution is -2.40. The van der Waals surface area contributed by atoms with Crippen molar-refractivity contribution in [2.75, 3.05) is 51.9 Å². The van der Waals surface area contributed by atoms with Gasteiger partial charge in [-0.2, -0.15) is 0 Å². The van der Waals surface area contributed by atoms with Crippen molar-refractivity contribution in [1.29, 1.82) is 0 Å². The van der Waals surface area contributed by atoms with Gasteiger partial charge in [0.25, 0.3) is 0 Å². The summed E-state index contributed by atoms with van der Waals surface area (Å²) >= 11 is 0. The molecule has 5 rings (SSSR count). The summed E-state index contributed by atoms with van der Waals surface area (Å²) in [6.45, 7) is 2.26. The van der Waals surface area contributed by atoms with Crippen LogP contribution in [0, 0.1) is 0 Å². The molecule has 1 saturated heterocycles. The van der Waals surface area contributed by atoms with Crippen LogP contribution in [-0.2, 0) is 11.2 Å². The maximum atomic E-state index is 12.5. The van der Waals surface area contributed by atoms with Crippen LogP contribution in [0.4, 0.5) is 10.5 Å². The zero-order valence-electron chi connectivity index (χ0n) is 19.7. The van der Waals surface area contributed by atoms with Crippen molar-refractivity contribution in [1.82, 2.24) is 14.9 Å². The molecule has 0 radical (unpaired) electrons. The quantitative estimate of drug-likeness (QED) is 0.520. The Bertz CT molecular complexity index is 1220. The molecule has 0 bridgehead atoms. The number of cyclic esters (lactones) is 1. The number of rotatable bonds is 8. The van der Waals surface area contributed by atoms with Gasteiger partial charge in [0.05, 0.1) is 36.6 Å². The Hall–Kier alpha value is -3.63. The van der Waals surface area contributed by atoms with E-state index in [-0.39, 0.29) is 6.54 Å². The fourth-order valence-corrected chi connectivity index (χ4v) is 4.31. The van der Waals surface area contributed by atoms with Gasteiger partial charge in [0.2, 0.25) is 5.88 Å². The van der Waals surface area contributed by atoms with Gasteiger partial charge in [-0.1, -0.05) is 12.1 Å². The lowest BCUT2D eigenvalue weighted by molar-refractivity contribution is 0.0152. The number of amides is 1. The Balaban J connectivity index is 1.18. The topological polar surface area (TPSA) is 106 Å². The zero-order chi connectivity index (χ0) is 24.4. The van der Waals surface area contributed by atoms with Crippen molar-refractivity contribution < 1.29 is 28.8 Å². The molecule has 2 aliphatic rings. The van der Waals surface area contributed by atoms with Crippen LogP contribution in [0.15, 0.2) is 42.6 Å². The molecule has 1 fully saturated rings. The highest BCUT2D eigenvalue weighted by molar-refractivity contribution is 5.90. The number of aliphatic hydroxyl groups is 1. The minimum absolute atomic E-state index is 0.256. The van der Waals surface area contributed by atoms with Crippen molar-refractivity contribution >= 4 is 22.8 Å². The molecule has 3 aromatic rings. The first kappa shape index (κ1) is 23.1. The van der Waals surface area contributed by atoms with Crippen LogP contribution >= 0.6 is 0 Å². The van der Waals surface area contributed by atoms with E-state index < -0.39 is 18.3 Å². The number of likely N-dealkylation sites (N-methyl/N-ethyl adjacent to an activating group) is 1. The van der Waals surface area contributed by atoms with Crippen molar-refractivity contribution in [3.8, 4) is 17.4 Å². The molecule has 10 heteroatoms. The smallest absolute Gasteiger partial charge is 0.414 e. The van der Waals surface area contributed by atoms with Crippen molar-refractivity contribution in [3.63, 3.8) is 0 Å². The molecule has 35 heavy (non-hydrogen) atoms. The lowest BCUT2D eigenvalue weighted by Gasteiger charge is -2.23. The van der Waals surface area contributed by atoms with Gasteiger partial charge in [0, 0.05) is 19.2 Å². The van der Waals surface area contributed by atoms with Crippen LogP contribution in [0.5, 0.6) is 17.4 Å².